The Morgan fingerprint density at radius 2 is 1.76 bits per heavy atom. The van der Waals surface area contributed by atoms with Gasteiger partial charge in [-0.2, -0.15) is 0 Å². The second kappa shape index (κ2) is 4.70. The van der Waals surface area contributed by atoms with Gasteiger partial charge in [-0.25, -0.2) is 0 Å². The van der Waals surface area contributed by atoms with Crippen molar-refractivity contribution in [2.75, 3.05) is 7.11 Å². The Hall–Kier alpha value is -1.61. The molecule has 4 atom stereocenters. The maximum Gasteiger partial charge on any atom is 0.204 e. The minimum Gasteiger partial charge on any atom is -0.493 e. The number of methoxy groups -OCH3 is 1. The lowest BCUT2D eigenvalue weighted by molar-refractivity contribution is -0.159. The quantitative estimate of drug-likeness (QED) is 0.841. The molecule has 2 aliphatic rings. The molecule has 4 heteroatoms. The van der Waals surface area contributed by atoms with Crippen LogP contribution in [0.25, 0.3) is 0 Å². The zero-order valence-electron chi connectivity index (χ0n) is 12.2. The van der Waals surface area contributed by atoms with Crippen LogP contribution in [-0.2, 0) is 14.3 Å². The first-order valence-electron chi connectivity index (χ1n) is 7.01. The molecule has 3 rings (SSSR count). The van der Waals surface area contributed by atoms with Crippen LogP contribution in [0.3, 0.4) is 0 Å². The lowest BCUT2D eigenvalue weighted by Crippen LogP contribution is -2.61. The third-order valence-corrected chi connectivity index (χ3v) is 5.34. The number of Topliss-reactive ketones (excluding diaryl/α,β-unsaturated/α-hetero) is 1. The molecule has 0 bridgehead atoms. The van der Waals surface area contributed by atoms with Crippen LogP contribution < -0.4 is 0 Å². The summed E-state index contributed by atoms with van der Waals surface area (Å²) in [6, 6.07) is 7.52. The van der Waals surface area contributed by atoms with Gasteiger partial charge in [-0.3, -0.25) is 9.59 Å². The largest absolute Gasteiger partial charge is 0.493 e. The van der Waals surface area contributed by atoms with Gasteiger partial charge in [0.25, 0.3) is 0 Å². The molecule has 0 N–H and O–H groups in total. The third kappa shape index (κ3) is 1.80. The molecule has 0 aromatic heterocycles. The van der Waals surface area contributed by atoms with Crippen molar-refractivity contribution in [1.82, 2.24) is 0 Å². The number of hydrogen-bond acceptors (Lipinski definition) is 3. The first-order chi connectivity index (χ1) is 9.91. The summed E-state index contributed by atoms with van der Waals surface area (Å²) in [5.74, 6) is -0.0362. The van der Waals surface area contributed by atoms with Crippen molar-refractivity contribution >= 4 is 23.2 Å². The SMILES string of the molecule is COC1=CC(=O)[C@@H]2[C@H](C)[C@@H](c3ccc(Cl)cc3)[C@]2(C)C1=O. The van der Waals surface area contributed by atoms with E-state index in [-0.39, 0.29) is 35.1 Å². The van der Waals surface area contributed by atoms with Crippen LogP contribution in [-0.4, -0.2) is 18.7 Å². The van der Waals surface area contributed by atoms with Crippen LogP contribution >= 0.6 is 11.6 Å². The maximum atomic E-state index is 12.7. The normalized spacial score (nSPS) is 34.9. The predicted octanol–water partition coefficient (Wildman–Crippen LogP) is 3.38. The lowest BCUT2D eigenvalue weighted by Gasteiger charge is -2.58. The second-order valence-electron chi connectivity index (χ2n) is 6.09. The van der Waals surface area contributed by atoms with E-state index in [0.29, 0.717) is 5.02 Å². The summed E-state index contributed by atoms with van der Waals surface area (Å²) >= 11 is 5.93. The standard InChI is InChI=1S/C17H17ClO3/c1-9-14(10-4-6-11(18)7-5-10)17(2)15(9)12(19)8-13(21-3)16(17)20/h4-9,14-15H,1-3H3/t9-,14+,15+,17+/m1/s1. The summed E-state index contributed by atoms with van der Waals surface area (Å²) in [5, 5.41) is 0.663. The second-order valence-corrected chi connectivity index (χ2v) is 6.53. The monoisotopic (exact) mass is 304 g/mol. The van der Waals surface area contributed by atoms with Gasteiger partial charge in [0.2, 0.25) is 5.78 Å². The molecule has 21 heavy (non-hydrogen) atoms. The summed E-state index contributed by atoms with van der Waals surface area (Å²) in [6.07, 6.45) is 1.35. The van der Waals surface area contributed by atoms with Crippen LogP contribution in [0.1, 0.15) is 25.3 Å². The molecule has 2 aliphatic carbocycles. The van der Waals surface area contributed by atoms with Gasteiger partial charge in [0.05, 0.1) is 12.5 Å². The van der Waals surface area contributed by atoms with E-state index in [4.69, 9.17) is 16.3 Å². The molecule has 1 aromatic carbocycles. The summed E-state index contributed by atoms with van der Waals surface area (Å²) in [7, 11) is 1.43. The van der Waals surface area contributed by atoms with Gasteiger partial charge in [0.1, 0.15) is 0 Å². The fraction of sp³-hybridized carbons (Fsp3) is 0.412. The highest BCUT2D eigenvalue weighted by molar-refractivity contribution is 6.30. The minimum absolute atomic E-state index is 0.00772. The first kappa shape index (κ1) is 14.3. The van der Waals surface area contributed by atoms with Gasteiger partial charge in [0, 0.05) is 22.9 Å². The van der Waals surface area contributed by atoms with Gasteiger partial charge in [-0.15, -0.1) is 0 Å². The summed E-state index contributed by atoms with van der Waals surface area (Å²) in [4.78, 5) is 25.0. The van der Waals surface area contributed by atoms with Crippen molar-refractivity contribution < 1.29 is 14.3 Å². The molecule has 1 fully saturated rings. The topological polar surface area (TPSA) is 43.4 Å². The number of carbonyl (C=O) groups is 2. The average Bonchev–Trinajstić information content (AvgIpc) is 2.45. The molecular formula is C17H17ClO3. The number of fused-ring (bicyclic) bond motifs is 1. The molecule has 110 valence electrons. The fourth-order valence-electron chi connectivity index (χ4n) is 4.22. The molecule has 0 heterocycles. The van der Waals surface area contributed by atoms with Gasteiger partial charge in [-0.1, -0.05) is 37.6 Å². The Morgan fingerprint density at radius 1 is 1.14 bits per heavy atom. The van der Waals surface area contributed by atoms with Crippen LogP contribution in [0.4, 0.5) is 0 Å². The number of halogens is 1. The fourth-order valence-corrected chi connectivity index (χ4v) is 4.34. The minimum atomic E-state index is -0.718. The van der Waals surface area contributed by atoms with Gasteiger partial charge in [-0.05, 0) is 23.6 Å². The van der Waals surface area contributed by atoms with Crippen molar-refractivity contribution in [3.63, 3.8) is 0 Å². The summed E-state index contributed by atoms with van der Waals surface area (Å²) < 4.78 is 5.10. The predicted molar refractivity (Wildman–Crippen MR) is 80.1 cm³/mol. The molecule has 0 amide bonds. The number of allylic oxidation sites excluding steroid dienone is 2. The summed E-state index contributed by atoms with van der Waals surface area (Å²) in [6.45, 7) is 3.91. The molecule has 0 radical (unpaired) electrons. The maximum absolute atomic E-state index is 12.7. The van der Waals surface area contributed by atoms with Gasteiger partial charge >= 0.3 is 0 Å². The van der Waals surface area contributed by atoms with E-state index < -0.39 is 5.41 Å². The number of ether oxygens (including phenoxy) is 1. The van der Waals surface area contributed by atoms with Crippen molar-refractivity contribution in [3.05, 3.63) is 46.7 Å². The van der Waals surface area contributed by atoms with Crippen molar-refractivity contribution in [3.8, 4) is 0 Å². The molecule has 1 aromatic rings. The zero-order chi connectivity index (χ0) is 15.4. The van der Waals surface area contributed by atoms with Gasteiger partial charge < -0.3 is 4.74 Å². The Labute approximate surface area is 128 Å². The number of ketones is 2. The van der Waals surface area contributed by atoms with E-state index in [9.17, 15) is 9.59 Å². The van der Waals surface area contributed by atoms with Crippen molar-refractivity contribution in [2.24, 2.45) is 17.3 Å². The van der Waals surface area contributed by atoms with E-state index in [0.717, 1.165) is 5.56 Å². The molecule has 0 aliphatic heterocycles. The van der Waals surface area contributed by atoms with Crippen molar-refractivity contribution in [1.29, 1.82) is 0 Å². The zero-order valence-corrected chi connectivity index (χ0v) is 13.0. The highest BCUT2D eigenvalue weighted by Crippen LogP contribution is 2.63. The molecule has 3 nitrogen and oxygen atoms in total. The number of carbonyl (C=O) groups excluding carboxylic acids is 2. The van der Waals surface area contributed by atoms with Crippen LogP contribution in [0.2, 0.25) is 5.02 Å². The van der Waals surface area contributed by atoms with Crippen LogP contribution in [0, 0.1) is 17.3 Å². The van der Waals surface area contributed by atoms with E-state index in [1.165, 1.54) is 13.2 Å². The first-order valence-corrected chi connectivity index (χ1v) is 7.39. The number of rotatable bonds is 2. The third-order valence-electron chi connectivity index (χ3n) is 5.09. The molecule has 0 unspecified atom stereocenters. The van der Waals surface area contributed by atoms with Crippen LogP contribution in [0.15, 0.2) is 36.1 Å². The molecular weight excluding hydrogens is 288 g/mol. The van der Waals surface area contributed by atoms with E-state index >= 15 is 0 Å². The summed E-state index contributed by atoms with van der Waals surface area (Å²) in [5.41, 5.74) is 0.328. The van der Waals surface area contributed by atoms with Crippen LogP contribution in [0.5, 0.6) is 0 Å². The van der Waals surface area contributed by atoms with Crippen molar-refractivity contribution in [2.45, 2.75) is 19.8 Å². The number of hydrogen-bond donors (Lipinski definition) is 0. The smallest absolute Gasteiger partial charge is 0.204 e. The van der Waals surface area contributed by atoms with E-state index in [1.54, 1.807) is 0 Å². The number of benzene rings is 1. The highest BCUT2D eigenvalue weighted by atomic mass is 35.5. The molecule has 0 saturated heterocycles. The molecule has 1 saturated carbocycles. The molecule has 0 spiro atoms. The van der Waals surface area contributed by atoms with E-state index in [1.807, 2.05) is 38.1 Å². The Kier molecular flexibility index (Phi) is 3.21. The highest BCUT2D eigenvalue weighted by Gasteiger charge is 2.66. The Morgan fingerprint density at radius 3 is 2.33 bits per heavy atom. The Balaban J connectivity index is 2.06. The van der Waals surface area contributed by atoms with Gasteiger partial charge in [0.15, 0.2) is 11.5 Å². The Bertz CT molecular complexity index is 647. The lowest BCUT2D eigenvalue weighted by atomic mass is 9.42. The average molecular weight is 305 g/mol. The van der Waals surface area contributed by atoms with E-state index in [2.05, 4.69) is 0 Å².